The van der Waals surface area contributed by atoms with E-state index < -0.39 is 5.60 Å². The molecule has 3 heteroatoms. The number of ketones is 1. The van der Waals surface area contributed by atoms with Crippen LogP contribution in [0.25, 0.3) is 0 Å². The Bertz CT molecular complexity index is 453. The van der Waals surface area contributed by atoms with Crippen LogP contribution in [0.4, 0.5) is 0 Å². The number of ether oxygens (including phenoxy) is 2. The average Bonchev–Trinajstić information content (AvgIpc) is 2.74. The highest BCUT2D eigenvalue weighted by Gasteiger charge is 2.27. The molecule has 32 heavy (non-hydrogen) atoms. The maximum absolute atomic E-state index is 11.8. The molecule has 0 saturated carbocycles. The van der Waals surface area contributed by atoms with Crippen molar-refractivity contribution in [3.63, 3.8) is 0 Å². The van der Waals surface area contributed by atoms with Crippen LogP contribution in [0, 0.1) is 0 Å². The quantitative estimate of drug-likeness (QED) is 0.108. The topological polar surface area (TPSA) is 35.5 Å². The molecule has 0 aromatic heterocycles. The van der Waals surface area contributed by atoms with Gasteiger partial charge in [-0.2, -0.15) is 0 Å². The van der Waals surface area contributed by atoms with Crippen LogP contribution in [0.1, 0.15) is 144 Å². The molecule has 0 bridgehead atoms. The molecule has 0 aliphatic carbocycles. The first-order valence-electron chi connectivity index (χ1n) is 13.7. The van der Waals surface area contributed by atoms with E-state index in [1.165, 1.54) is 102 Å². The molecule has 0 fully saturated rings. The normalized spacial score (nSPS) is 12.3. The van der Waals surface area contributed by atoms with Crippen LogP contribution in [-0.2, 0) is 14.3 Å². The molecule has 0 aliphatic heterocycles. The number of carbonyl (C=O) groups excluding carboxylic acids is 1. The standard InChI is InChI=1S/C29H56O3/c1-7-9-10-11-12-13-14-15-16-17-18-19-20-21-22-23-25-31-28(3,4)24-26-32-29(5,6)27(30)8-2/h8H,2,7,9-26H2,1,3-6H3. The van der Waals surface area contributed by atoms with Gasteiger partial charge in [0.15, 0.2) is 5.78 Å². The predicted molar refractivity (Wildman–Crippen MR) is 139 cm³/mol. The lowest BCUT2D eigenvalue weighted by Gasteiger charge is -2.28. The first-order valence-corrected chi connectivity index (χ1v) is 13.7. The van der Waals surface area contributed by atoms with Gasteiger partial charge in [-0.3, -0.25) is 4.79 Å². The molecule has 0 rings (SSSR count). The van der Waals surface area contributed by atoms with E-state index in [-0.39, 0.29) is 11.4 Å². The lowest BCUT2D eigenvalue weighted by atomic mass is 10.0. The zero-order valence-electron chi connectivity index (χ0n) is 22.4. The minimum atomic E-state index is -0.800. The molecule has 0 aliphatic rings. The molecule has 0 amide bonds. The molecule has 0 aromatic carbocycles. The molecule has 0 heterocycles. The summed E-state index contributed by atoms with van der Waals surface area (Å²) in [7, 11) is 0. The Morgan fingerprint density at radius 1 is 0.656 bits per heavy atom. The van der Waals surface area contributed by atoms with Crippen LogP contribution in [0.5, 0.6) is 0 Å². The van der Waals surface area contributed by atoms with Gasteiger partial charge in [0.1, 0.15) is 5.60 Å². The number of hydrogen-bond donors (Lipinski definition) is 0. The summed E-state index contributed by atoms with van der Waals surface area (Å²) in [5.74, 6) is -0.0793. The highest BCUT2D eigenvalue weighted by atomic mass is 16.5. The second-order valence-electron chi connectivity index (χ2n) is 10.6. The smallest absolute Gasteiger partial charge is 0.186 e. The van der Waals surface area contributed by atoms with Crippen LogP contribution in [-0.4, -0.2) is 30.2 Å². The maximum Gasteiger partial charge on any atom is 0.186 e. The van der Waals surface area contributed by atoms with Gasteiger partial charge in [-0.15, -0.1) is 0 Å². The van der Waals surface area contributed by atoms with E-state index in [1.807, 2.05) is 0 Å². The summed E-state index contributed by atoms with van der Waals surface area (Å²) in [5, 5.41) is 0. The zero-order chi connectivity index (χ0) is 24.1. The zero-order valence-corrected chi connectivity index (χ0v) is 22.4. The fraction of sp³-hybridized carbons (Fsp3) is 0.897. The minimum absolute atomic E-state index is 0.0793. The van der Waals surface area contributed by atoms with E-state index in [0.717, 1.165) is 19.4 Å². The Labute approximate surface area is 201 Å². The third-order valence-electron chi connectivity index (χ3n) is 6.44. The van der Waals surface area contributed by atoms with Crippen LogP contribution in [0.3, 0.4) is 0 Å². The van der Waals surface area contributed by atoms with Gasteiger partial charge in [-0.1, -0.05) is 110 Å². The van der Waals surface area contributed by atoms with Crippen LogP contribution in [0.2, 0.25) is 0 Å². The van der Waals surface area contributed by atoms with Crippen molar-refractivity contribution >= 4 is 5.78 Å². The summed E-state index contributed by atoms with van der Waals surface area (Å²) >= 11 is 0. The van der Waals surface area contributed by atoms with Gasteiger partial charge in [-0.05, 0) is 46.6 Å². The number of unbranched alkanes of at least 4 members (excludes halogenated alkanes) is 15. The predicted octanol–water partition coefficient (Wildman–Crippen LogP) is 8.98. The largest absolute Gasteiger partial charge is 0.375 e. The number of carbonyl (C=O) groups is 1. The molecule has 0 aromatic rings. The number of hydrogen-bond acceptors (Lipinski definition) is 3. The molecule has 0 radical (unpaired) electrons. The Kier molecular flexibility index (Phi) is 19.4. The molecule has 0 saturated heterocycles. The van der Waals surface area contributed by atoms with Gasteiger partial charge in [0.2, 0.25) is 0 Å². The van der Waals surface area contributed by atoms with Gasteiger partial charge < -0.3 is 9.47 Å². The Hall–Kier alpha value is -0.670. The van der Waals surface area contributed by atoms with Gasteiger partial charge in [0, 0.05) is 6.61 Å². The number of rotatable bonds is 24. The fourth-order valence-electron chi connectivity index (χ4n) is 3.94. The van der Waals surface area contributed by atoms with Crippen LogP contribution >= 0.6 is 0 Å². The van der Waals surface area contributed by atoms with Crippen molar-refractivity contribution in [3.8, 4) is 0 Å². The van der Waals surface area contributed by atoms with Crippen molar-refractivity contribution in [2.45, 2.75) is 155 Å². The summed E-state index contributed by atoms with van der Waals surface area (Å²) in [6.45, 7) is 14.9. The van der Waals surface area contributed by atoms with E-state index in [2.05, 4.69) is 27.4 Å². The summed E-state index contributed by atoms with van der Waals surface area (Å²) in [6, 6.07) is 0. The van der Waals surface area contributed by atoms with Gasteiger partial charge in [0.05, 0.1) is 12.2 Å². The highest BCUT2D eigenvalue weighted by molar-refractivity contribution is 5.95. The summed E-state index contributed by atoms with van der Waals surface area (Å²) in [4.78, 5) is 11.8. The van der Waals surface area contributed by atoms with E-state index in [0.29, 0.717) is 6.61 Å². The summed E-state index contributed by atoms with van der Waals surface area (Å²) in [6.07, 6.45) is 24.3. The van der Waals surface area contributed by atoms with E-state index in [4.69, 9.17) is 9.47 Å². The van der Waals surface area contributed by atoms with E-state index >= 15 is 0 Å². The molecular weight excluding hydrogens is 396 g/mol. The lowest BCUT2D eigenvalue weighted by molar-refractivity contribution is -0.138. The lowest BCUT2D eigenvalue weighted by Crippen LogP contribution is -2.36. The Morgan fingerprint density at radius 2 is 1.06 bits per heavy atom. The van der Waals surface area contributed by atoms with Gasteiger partial charge in [0.25, 0.3) is 0 Å². The van der Waals surface area contributed by atoms with Gasteiger partial charge >= 0.3 is 0 Å². The fourth-order valence-corrected chi connectivity index (χ4v) is 3.94. The monoisotopic (exact) mass is 452 g/mol. The van der Waals surface area contributed by atoms with Crippen molar-refractivity contribution < 1.29 is 14.3 Å². The summed E-state index contributed by atoms with van der Waals surface area (Å²) in [5.41, 5.74) is -1.02. The first-order chi connectivity index (χ1) is 15.2. The molecular formula is C29H56O3. The molecule has 190 valence electrons. The Morgan fingerprint density at radius 3 is 1.47 bits per heavy atom. The van der Waals surface area contributed by atoms with Crippen molar-refractivity contribution in [2.75, 3.05) is 13.2 Å². The Balaban J connectivity index is 3.45. The molecule has 0 spiro atoms. The van der Waals surface area contributed by atoms with Crippen molar-refractivity contribution in [1.29, 1.82) is 0 Å². The third-order valence-corrected chi connectivity index (χ3v) is 6.44. The maximum atomic E-state index is 11.8. The van der Waals surface area contributed by atoms with Crippen molar-refractivity contribution in [2.24, 2.45) is 0 Å². The molecule has 0 N–H and O–H groups in total. The first kappa shape index (κ1) is 31.3. The SMILES string of the molecule is C=CC(=O)C(C)(C)OCCC(C)(C)OCCCCCCCCCCCCCCCCCC. The van der Waals surface area contributed by atoms with Crippen LogP contribution < -0.4 is 0 Å². The second-order valence-corrected chi connectivity index (χ2v) is 10.6. The van der Waals surface area contributed by atoms with Crippen molar-refractivity contribution in [3.05, 3.63) is 12.7 Å². The summed E-state index contributed by atoms with van der Waals surface area (Å²) < 4.78 is 11.8. The van der Waals surface area contributed by atoms with Gasteiger partial charge in [-0.25, -0.2) is 0 Å². The van der Waals surface area contributed by atoms with Crippen LogP contribution in [0.15, 0.2) is 12.7 Å². The highest BCUT2D eigenvalue weighted by Crippen LogP contribution is 2.19. The minimum Gasteiger partial charge on any atom is -0.375 e. The average molecular weight is 453 g/mol. The van der Waals surface area contributed by atoms with E-state index in [9.17, 15) is 4.79 Å². The second kappa shape index (κ2) is 19.8. The molecule has 0 unspecified atom stereocenters. The third kappa shape index (κ3) is 18.9. The van der Waals surface area contributed by atoms with Crippen molar-refractivity contribution in [1.82, 2.24) is 0 Å². The van der Waals surface area contributed by atoms with E-state index in [1.54, 1.807) is 13.8 Å². The molecule has 0 atom stereocenters. The molecule has 3 nitrogen and oxygen atoms in total.